The first-order valence-electron chi connectivity index (χ1n) is 14.1. The molecule has 0 atom stereocenters. The summed E-state index contributed by atoms with van der Waals surface area (Å²) in [5.74, 6) is 14.8. The zero-order chi connectivity index (χ0) is 25.6. The lowest BCUT2D eigenvalue weighted by molar-refractivity contribution is 0.556. The summed E-state index contributed by atoms with van der Waals surface area (Å²) in [7, 11) is 0. The average molecular weight is 489 g/mol. The van der Waals surface area contributed by atoms with Crippen LogP contribution in [-0.4, -0.2) is 0 Å². The third-order valence-electron chi connectivity index (χ3n) is 6.56. The highest BCUT2D eigenvalue weighted by Crippen LogP contribution is 2.27. The summed E-state index contributed by atoms with van der Waals surface area (Å²) in [4.78, 5) is 2.62. The predicted molar refractivity (Wildman–Crippen MR) is 158 cm³/mol. The SMILES string of the molecule is CCCCCCCCCCCCc1cc(C#Cc2sc(C(C)C)cc2C)c(C)cc1C#CC(C)C. The van der Waals surface area contributed by atoms with Crippen LogP contribution in [0.2, 0.25) is 0 Å². The van der Waals surface area contributed by atoms with Gasteiger partial charge in [0, 0.05) is 21.9 Å². The second kappa shape index (κ2) is 15.9. The molecule has 0 aliphatic rings. The van der Waals surface area contributed by atoms with E-state index in [4.69, 9.17) is 0 Å². The van der Waals surface area contributed by atoms with Crippen molar-refractivity contribution in [1.29, 1.82) is 0 Å². The van der Waals surface area contributed by atoms with E-state index in [1.54, 1.807) is 0 Å². The molecule has 1 heterocycles. The summed E-state index contributed by atoms with van der Waals surface area (Å²) in [6.45, 7) is 15.5. The van der Waals surface area contributed by atoms with E-state index in [-0.39, 0.29) is 0 Å². The first kappa shape index (κ1) is 29.3. The number of hydrogen-bond donors (Lipinski definition) is 0. The maximum atomic E-state index is 3.51. The van der Waals surface area contributed by atoms with Gasteiger partial charge in [0.15, 0.2) is 0 Å². The molecule has 0 bridgehead atoms. The van der Waals surface area contributed by atoms with E-state index in [1.165, 1.54) is 96.2 Å². The van der Waals surface area contributed by atoms with E-state index >= 15 is 0 Å². The molecule has 2 aromatic rings. The Morgan fingerprint density at radius 2 is 1.31 bits per heavy atom. The zero-order valence-electron chi connectivity index (χ0n) is 23.6. The molecule has 0 nitrogen and oxygen atoms in total. The highest BCUT2D eigenvalue weighted by atomic mass is 32.1. The average Bonchev–Trinajstić information content (AvgIpc) is 3.19. The van der Waals surface area contributed by atoms with Crippen LogP contribution in [0.4, 0.5) is 0 Å². The highest BCUT2D eigenvalue weighted by Gasteiger charge is 2.08. The highest BCUT2D eigenvalue weighted by molar-refractivity contribution is 7.12. The molecule has 0 N–H and O–H groups in total. The summed E-state index contributed by atoms with van der Waals surface area (Å²) in [6, 6.07) is 6.89. The fourth-order valence-electron chi connectivity index (χ4n) is 4.28. The fraction of sp³-hybridized carbons (Fsp3) is 0.588. The van der Waals surface area contributed by atoms with Crippen molar-refractivity contribution in [2.75, 3.05) is 0 Å². The Hall–Kier alpha value is -1.96. The molecule has 0 fully saturated rings. The van der Waals surface area contributed by atoms with E-state index in [9.17, 15) is 0 Å². The quantitative estimate of drug-likeness (QED) is 0.206. The Kier molecular flexibility index (Phi) is 13.3. The van der Waals surface area contributed by atoms with Gasteiger partial charge < -0.3 is 0 Å². The Bertz CT molecular complexity index is 1030. The van der Waals surface area contributed by atoms with Gasteiger partial charge in [-0.25, -0.2) is 0 Å². The first-order chi connectivity index (χ1) is 16.8. The molecule has 0 radical (unpaired) electrons. The van der Waals surface area contributed by atoms with Gasteiger partial charge in [0.1, 0.15) is 0 Å². The number of hydrogen-bond acceptors (Lipinski definition) is 1. The lowest BCUT2D eigenvalue weighted by Crippen LogP contribution is -1.96. The van der Waals surface area contributed by atoms with Crippen molar-refractivity contribution >= 4 is 11.3 Å². The largest absolute Gasteiger partial charge is 0.131 e. The van der Waals surface area contributed by atoms with Crippen LogP contribution in [0.5, 0.6) is 0 Å². The minimum atomic E-state index is 0.386. The maximum absolute atomic E-state index is 3.51. The van der Waals surface area contributed by atoms with Crippen molar-refractivity contribution in [2.45, 2.75) is 125 Å². The van der Waals surface area contributed by atoms with Crippen LogP contribution < -0.4 is 0 Å². The molecule has 0 spiro atoms. The monoisotopic (exact) mass is 488 g/mol. The van der Waals surface area contributed by atoms with Gasteiger partial charge in [0.25, 0.3) is 0 Å². The summed E-state index contributed by atoms with van der Waals surface area (Å²) >= 11 is 1.84. The molecular weight excluding hydrogens is 440 g/mol. The van der Waals surface area contributed by atoms with Crippen LogP contribution in [0, 0.1) is 43.4 Å². The number of thiophene rings is 1. The summed E-state index contributed by atoms with van der Waals surface area (Å²) in [6.07, 6.45) is 14.8. The molecular formula is C34H48S. The van der Waals surface area contributed by atoms with Crippen LogP contribution in [0.3, 0.4) is 0 Å². The van der Waals surface area contributed by atoms with Crippen molar-refractivity contribution in [2.24, 2.45) is 5.92 Å². The molecule has 2 rings (SSSR count). The maximum Gasteiger partial charge on any atom is 0.0804 e. The van der Waals surface area contributed by atoms with Crippen LogP contribution in [0.1, 0.15) is 142 Å². The van der Waals surface area contributed by atoms with Gasteiger partial charge in [-0.2, -0.15) is 0 Å². The Balaban J connectivity index is 2.06. The van der Waals surface area contributed by atoms with E-state index in [1.807, 2.05) is 11.3 Å². The standard InChI is InChI=1S/C34H48S/c1-8-9-10-11-12-13-14-15-16-17-18-31-25-30(28(6)23-32(31)20-19-26(2)3)21-22-33-29(7)24-34(35-33)27(4)5/h23-27H,8-18H2,1-7H3. The molecule has 0 amide bonds. The molecule has 0 saturated heterocycles. The fourth-order valence-corrected chi connectivity index (χ4v) is 5.30. The topological polar surface area (TPSA) is 0 Å². The Morgan fingerprint density at radius 3 is 1.89 bits per heavy atom. The van der Waals surface area contributed by atoms with Gasteiger partial charge in [0.2, 0.25) is 0 Å². The molecule has 0 aliphatic heterocycles. The molecule has 1 aromatic carbocycles. The van der Waals surface area contributed by atoms with Crippen molar-refractivity contribution in [1.82, 2.24) is 0 Å². The molecule has 0 saturated carbocycles. The molecule has 0 unspecified atom stereocenters. The second-order valence-electron chi connectivity index (χ2n) is 10.7. The second-order valence-corrected chi connectivity index (χ2v) is 11.8. The summed E-state index contributed by atoms with van der Waals surface area (Å²) in [5.41, 5.74) is 6.26. The van der Waals surface area contributed by atoms with Crippen LogP contribution in [0.15, 0.2) is 18.2 Å². The predicted octanol–water partition coefficient (Wildman–Crippen LogP) is 10.4. The van der Waals surface area contributed by atoms with Gasteiger partial charge in [-0.15, -0.1) is 11.3 Å². The molecule has 0 aliphatic carbocycles. The molecule has 190 valence electrons. The molecule has 1 heteroatoms. The molecule has 1 aromatic heterocycles. The first-order valence-corrected chi connectivity index (χ1v) is 14.9. The number of unbranched alkanes of at least 4 members (excludes halogenated alkanes) is 9. The van der Waals surface area contributed by atoms with Crippen molar-refractivity contribution < 1.29 is 0 Å². The lowest BCUT2D eigenvalue weighted by atomic mass is 9.95. The minimum absolute atomic E-state index is 0.386. The van der Waals surface area contributed by atoms with Crippen LogP contribution in [-0.2, 0) is 6.42 Å². The third-order valence-corrected chi connectivity index (χ3v) is 8.02. The van der Waals surface area contributed by atoms with Gasteiger partial charge >= 0.3 is 0 Å². The minimum Gasteiger partial charge on any atom is -0.131 e. The van der Waals surface area contributed by atoms with Crippen molar-refractivity contribution in [3.8, 4) is 23.7 Å². The van der Waals surface area contributed by atoms with E-state index in [0.717, 1.165) is 12.0 Å². The summed E-state index contributed by atoms with van der Waals surface area (Å²) < 4.78 is 0. The van der Waals surface area contributed by atoms with Gasteiger partial charge in [0.05, 0.1) is 4.88 Å². The Morgan fingerprint density at radius 1 is 0.686 bits per heavy atom. The van der Waals surface area contributed by atoms with E-state index in [2.05, 4.69) is 90.3 Å². The van der Waals surface area contributed by atoms with Crippen LogP contribution in [0.25, 0.3) is 0 Å². The van der Waals surface area contributed by atoms with Crippen molar-refractivity contribution in [3.05, 3.63) is 55.8 Å². The van der Waals surface area contributed by atoms with Gasteiger partial charge in [-0.05, 0) is 67.5 Å². The normalized spacial score (nSPS) is 10.9. The number of aryl methyl sites for hydroxylation is 3. The Labute approximate surface area is 221 Å². The number of benzene rings is 1. The zero-order valence-corrected chi connectivity index (χ0v) is 24.4. The van der Waals surface area contributed by atoms with Gasteiger partial charge in [-0.3, -0.25) is 0 Å². The van der Waals surface area contributed by atoms with Crippen molar-refractivity contribution in [3.63, 3.8) is 0 Å². The smallest absolute Gasteiger partial charge is 0.0804 e. The van der Waals surface area contributed by atoms with Crippen LogP contribution >= 0.6 is 11.3 Å². The van der Waals surface area contributed by atoms with E-state index < -0.39 is 0 Å². The van der Waals surface area contributed by atoms with E-state index in [0.29, 0.717) is 11.8 Å². The number of rotatable bonds is 12. The third kappa shape index (κ3) is 10.7. The summed E-state index contributed by atoms with van der Waals surface area (Å²) in [5, 5.41) is 0. The molecule has 35 heavy (non-hydrogen) atoms. The lowest BCUT2D eigenvalue weighted by Gasteiger charge is -2.09. The van der Waals surface area contributed by atoms with Gasteiger partial charge in [-0.1, -0.05) is 116 Å².